The zero-order valence-corrected chi connectivity index (χ0v) is 14.7. The highest BCUT2D eigenvalue weighted by Crippen LogP contribution is 2.25. The van der Waals surface area contributed by atoms with E-state index in [1.807, 2.05) is 72.9 Å². The number of rotatable bonds is 5. The van der Waals surface area contributed by atoms with Gasteiger partial charge in [0.1, 0.15) is 0 Å². The van der Waals surface area contributed by atoms with E-state index >= 15 is 0 Å². The summed E-state index contributed by atoms with van der Waals surface area (Å²) in [7, 11) is 0. The van der Waals surface area contributed by atoms with Gasteiger partial charge < -0.3 is 9.67 Å². The minimum atomic E-state index is -0.963. The Labute approximate surface area is 157 Å². The number of carbonyl (C=O) groups is 1. The van der Waals surface area contributed by atoms with Gasteiger partial charge in [0, 0.05) is 41.7 Å². The molecule has 0 radical (unpaired) electrons. The summed E-state index contributed by atoms with van der Waals surface area (Å²) in [5.74, 6) is 0. The molecule has 0 aliphatic carbocycles. The molecule has 0 spiro atoms. The summed E-state index contributed by atoms with van der Waals surface area (Å²) < 4.78 is 2.15. The van der Waals surface area contributed by atoms with Crippen molar-refractivity contribution in [3.63, 3.8) is 0 Å². The van der Waals surface area contributed by atoms with Crippen LogP contribution < -0.4 is 4.90 Å². The first-order valence-corrected chi connectivity index (χ1v) is 8.73. The molecular weight excluding hydrogens is 338 g/mol. The molecule has 2 aromatic carbocycles. The van der Waals surface area contributed by atoms with Crippen molar-refractivity contribution >= 4 is 22.7 Å². The molecule has 4 aromatic rings. The molecule has 0 aliphatic heterocycles. The fraction of sp³-hybridized carbons (Fsp3) is 0.0909. The van der Waals surface area contributed by atoms with Crippen LogP contribution in [0.25, 0.3) is 10.9 Å². The smallest absolute Gasteiger partial charge is 0.412 e. The highest BCUT2D eigenvalue weighted by molar-refractivity contribution is 5.91. The van der Waals surface area contributed by atoms with Crippen LogP contribution in [0.4, 0.5) is 10.5 Å². The molecule has 5 heteroatoms. The Morgan fingerprint density at radius 1 is 0.963 bits per heavy atom. The zero-order valence-electron chi connectivity index (χ0n) is 14.7. The predicted octanol–water partition coefficient (Wildman–Crippen LogP) is 4.77. The Kier molecular flexibility index (Phi) is 4.58. The van der Waals surface area contributed by atoms with Crippen molar-refractivity contribution in [1.29, 1.82) is 0 Å². The quantitative estimate of drug-likeness (QED) is 0.560. The summed E-state index contributed by atoms with van der Waals surface area (Å²) in [6.45, 7) is 1.07. The lowest BCUT2D eigenvalue weighted by molar-refractivity contribution is 0.201. The molecule has 0 bridgehead atoms. The number of hydrogen-bond acceptors (Lipinski definition) is 2. The number of amides is 1. The summed E-state index contributed by atoms with van der Waals surface area (Å²) in [4.78, 5) is 17.2. The SMILES string of the molecule is O=C(O)N(Cc1ccccc1)c1ccc2c(ccn2Cc2ccncc2)c1. The second kappa shape index (κ2) is 7.33. The van der Waals surface area contributed by atoms with Crippen LogP contribution in [0.15, 0.2) is 85.3 Å². The van der Waals surface area contributed by atoms with E-state index in [1.165, 1.54) is 10.5 Å². The number of benzene rings is 2. The van der Waals surface area contributed by atoms with Crippen molar-refractivity contribution in [3.05, 3.63) is 96.4 Å². The third kappa shape index (κ3) is 3.67. The van der Waals surface area contributed by atoms with E-state index in [4.69, 9.17) is 0 Å². The summed E-state index contributed by atoms with van der Waals surface area (Å²) in [6, 6.07) is 21.4. The van der Waals surface area contributed by atoms with Gasteiger partial charge in [-0.1, -0.05) is 30.3 Å². The molecule has 4 rings (SSSR count). The van der Waals surface area contributed by atoms with Gasteiger partial charge in [0.05, 0.1) is 6.54 Å². The van der Waals surface area contributed by atoms with Crippen molar-refractivity contribution < 1.29 is 9.90 Å². The number of carboxylic acid groups (broad SMARTS) is 1. The predicted molar refractivity (Wildman–Crippen MR) is 106 cm³/mol. The van der Waals surface area contributed by atoms with Crippen molar-refractivity contribution in [2.75, 3.05) is 4.90 Å². The molecule has 27 heavy (non-hydrogen) atoms. The van der Waals surface area contributed by atoms with Crippen molar-refractivity contribution in [2.45, 2.75) is 13.1 Å². The standard InChI is InChI=1S/C22H19N3O2/c26-22(27)25(16-17-4-2-1-3-5-17)20-6-7-21-19(14-20)10-13-24(21)15-18-8-11-23-12-9-18/h1-14H,15-16H2,(H,26,27). The van der Waals surface area contributed by atoms with Crippen LogP contribution in [-0.2, 0) is 13.1 Å². The molecule has 134 valence electrons. The van der Waals surface area contributed by atoms with Gasteiger partial charge in [-0.2, -0.15) is 0 Å². The third-order valence-corrected chi connectivity index (χ3v) is 4.58. The summed E-state index contributed by atoms with van der Waals surface area (Å²) >= 11 is 0. The van der Waals surface area contributed by atoms with E-state index in [9.17, 15) is 9.90 Å². The first-order chi connectivity index (χ1) is 13.2. The fourth-order valence-electron chi connectivity index (χ4n) is 3.21. The summed E-state index contributed by atoms with van der Waals surface area (Å²) in [6.07, 6.45) is 4.63. The highest BCUT2D eigenvalue weighted by atomic mass is 16.4. The van der Waals surface area contributed by atoms with Crippen LogP contribution >= 0.6 is 0 Å². The van der Waals surface area contributed by atoms with Crippen molar-refractivity contribution in [2.24, 2.45) is 0 Å². The molecule has 0 aliphatic rings. The molecule has 0 saturated carbocycles. The average Bonchev–Trinajstić information content (AvgIpc) is 3.09. The number of pyridine rings is 1. The Bertz CT molecular complexity index is 1060. The van der Waals surface area contributed by atoms with Gasteiger partial charge in [-0.25, -0.2) is 4.79 Å². The van der Waals surface area contributed by atoms with Crippen molar-refractivity contribution in [1.82, 2.24) is 9.55 Å². The monoisotopic (exact) mass is 357 g/mol. The van der Waals surface area contributed by atoms with Crippen LogP contribution in [0.5, 0.6) is 0 Å². The molecule has 0 unspecified atom stereocenters. The Balaban J connectivity index is 1.63. The van der Waals surface area contributed by atoms with E-state index in [1.54, 1.807) is 12.4 Å². The number of nitrogens with zero attached hydrogens (tertiary/aromatic N) is 3. The van der Waals surface area contributed by atoms with Crippen LogP contribution in [-0.4, -0.2) is 20.8 Å². The van der Waals surface area contributed by atoms with E-state index in [2.05, 4.69) is 9.55 Å². The first-order valence-electron chi connectivity index (χ1n) is 8.73. The van der Waals surface area contributed by atoms with E-state index < -0.39 is 6.09 Å². The number of fused-ring (bicyclic) bond motifs is 1. The molecule has 2 heterocycles. The van der Waals surface area contributed by atoms with Crippen LogP contribution in [0.1, 0.15) is 11.1 Å². The zero-order chi connectivity index (χ0) is 18.6. The molecule has 0 fully saturated rings. The summed E-state index contributed by atoms with van der Waals surface area (Å²) in [5, 5.41) is 10.7. The average molecular weight is 357 g/mol. The van der Waals surface area contributed by atoms with Crippen LogP contribution in [0, 0.1) is 0 Å². The first kappa shape index (κ1) is 16.8. The molecule has 0 atom stereocenters. The molecule has 1 amide bonds. The Morgan fingerprint density at radius 3 is 2.48 bits per heavy atom. The van der Waals surface area contributed by atoms with Crippen LogP contribution in [0.3, 0.4) is 0 Å². The second-order valence-electron chi connectivity index (χ2n) is 6.40. The molecular formula is C22H19N3O2. The van der Waals surface area contributed by atoms with Gasteiger partial charge in [-0.3, -0.25) is 9.88 Å². The maximum absolute atomic E-state index is 11.8. The maximum atomic E-state index is 11.8. The van der Waals surface area contributed by atoms with Gasteiger partial charge in [-0.05, 0) is 47.5 Å². The van der Waals surface area contributed by atoms with Gasteiger partial charge in [0.2, 0.25) is 0 Å². The lowest BCUT2D eigenvalue weighted by atomic mass is 10.1. The summed E-state index contributed by atoms with van der Waals surface area (Å²) in [5.41, 5.74) is 3.86. The Hall–Kier alpha value is -3.60. The largest absolute Gasteiger partial charge is 0.465 e. The Morgan fingerprint density at radius 2 is 1.74 bits per heavy atom. The molecule has 1 N–H and O–H groups in total. The minimum Gasteiger partial charge on any atom is -0.465 e. The van der Waals surface area contributed by atoms with Crippen LogP contribution in [0.2, 0.25) is 0 Å². The lowest BCUT2D eigenvalue weighted by Gasteiger charge is -2.20. The number of anilines is 1. The topological polar surface area (TPSA) is 58.4 Å². The molecule has 0 saturated heterocycles. The highest BCUT2D eigenvalue weighted by Gasteiger charge is 2.16. The molecule has 2 aromatic heterocycles. The normalized spacial score (nSPS) is 10.8. The number of hydrogen-bond donors (Lipinski definition) is 1. The van der Waals surface area contributed by atoms with Gasteiger partial charge in [0.25, 0.3) is 0 Å². The van der Waals surface area contributed by atoms with Crippen molar-refractivity contribution in [3.8, 4) is 0 Å². The maximum Gasteiger partial charge on any atom is 0.412 e. The van der Waals surface area contributed by atoms with Gasteiger partial charge in [0.15, 0.2) is 0 Å². The second-order valence-corrected chi connectivity index (χ2v) is 6.40. The lowest BCUT2D eigenvalue weighted by Crippen LogP contribution is -2.28. The molecule has 5 nitrogen and oxygen atoms in total. The van der Waals surface area contributed by atoms with E-state index in [-0.39, 0.29) is 0 Å². The fourth-order valence-corrected chi connectivity index (χ4v) is 3.21. The van der Waals surface area contributed by atoms with E-state index in [0.717, 1.165) is 23.0 Å². The van der Waals surface area contributed by atoms with E-state index in [0.29, 0.717) is 12.2 Å². The third-order valence-electron chi connectivity index (χ3n) is 4.58. The van der Waals surface area contributed by atoms with Gasteiger partial charge in [-0.15, -0.1) is 0 Å². The minimum absolute atomic E-state index is 0.319. The number of aromatic nitrogens is 2. The van der Waals surface area contributed by atoms with Gasteiger partial charge >= 0.3 is 6.09 Å².